The van der Waals surface area contributed by atoms with E-state index in [-0.39, 0.29) is 0 Å². The van der Waals surface area contributed by atoms with Gasteiger partial charge in [-0.3, -0.25) is 0 Å². The van der Waals surface area contributed by atoms with Crippen LogP contribution in [0.1, 0.15) is 6.92 Å². The molecule has 3 rings (SSSR count). The second-order valence-electron chi connectivity index (χ2n) is 5.63. The average Bonchev–Trinajstić information content (AvgIpc) is 2.70. The molecule has 1 N–H and O–H groups in total. The second kappa shape index (κ2) is 8.85. The van der Waals surface area contributed by atoms with Crippen LogP contribution in [0.25, 0.3) is 11.1 Å². The lowest BCUT2D eigenvalue weighted by atomic mass is 10.1. The van der Waals surface area contributed by atoms with Gasteiger partial charge in [0, 0.05) is 17.8 Å². The standard InChI is InChI=1S/C20H18Cl2N2O2S/c1-3-27(25)14-8-6-7-13(11-14)18-15(21)12-23-20(19(18)22)24-16-9-4-5-10-17(16)26-2/h4-12H,3H2,1-2H3,(H,23,24). The van der Waals surface area contributed by atoms with Gasteiger partial charge >= 0.3 is 0 Å². The SMILES string of the molecule is CC[S+]([O-])c1cccc(-c2c(Cl)cnc(Nc3ccccc3OC)c2Cl)c1. The molecule has 0 fully saturated rings. The van der Waals surface area contributed by atoms with Crippen molar-refractivity contribution in [3.63, 3.8) is 0 Å². The van der Waals surface area contributed by atoms with Gasteiger partial charge in [0.15, 0.2) is 4.90 Å². The smallest absolute Gasteiger partial charge is 0.153 e. The molecule has 0 spiro atoms. The van der Waals surface area contributed by atoms with Crippen molar-refractivity contribution in [2.75, 3.05) is 18.2 Å². The molecule has 1 aromatic heterocycles. The Morgan fingerprint density at radius 2 is 1.93 bits per heavy atom. The highest BCUT2D eigenvalue weighted by molar-refractivity contribution is 7.91. The van der Waals surface area contributed by atoms with E-state index in [0.717, 1.165) is 16.1 Å². The number of benzene rings is 2. The van der Waals surface area contributed by atoms with Crippen LogP contribution in [0, 0.1) is 0 Å². The van der Waals surface area contributed by atoms with E-state index in [2.05, 4.69) is 10.3 Å². The van der Waals surface area contributed by atoms with E-state index in [1.54, 1.807) is 13.3 Å². The summed E-state index contributed by atoms with van der Waals surface area (Å²) < 4.78 is 17.5. The zero-order valence-corrected chi connectivity index (χ0v) is 17.2. The zero-order valence-electron chi connectivity index (χ0n) is 14.8. The van der Waals surface area contributed by atoms with Crippen LogP contribution < -0.4 is 10.1 Å². The first kappa shape index (κ1) is 19.8. The van der Waals surface area contributed by atoms with Gasteiger partial charge in [-0.1, -0.05) is 47.5 Å². The van der Waals surface area contributed by atoms with E-state index in [0.29, 0.717) is 32.9 Å². The molecule has 0 bridgehead atoms. The number of para-hydroxylation sites is 2. The molecule has 0 aliphatic carbocycles. The second-order valence-corrected chi connectivity index (χ2v) is 8.16. The van der Waals surface area contributed by atoms with E-state index in [1.165, 1.54) is 0 Å². The quantitative estimate of drug-likeness (QED) is 0.501. The third-order valence-electron chi connectivity index (χ3n) is 3.98. The number of rotatable bonds is 6. The average molecular weight is 421 g/mol. The lowest BCUT2D eigenvalue weighted by molar-refractivity contribution is 0.417. The Balaban J connectivity index is 2.04. The number of nitrogens with one attached hydrogen (secondary N) is 1. The Hall–Kier alpha value is -1.92. The number of methoxy groups -OCH3 is 1. The maximum absolute atomic E-state index is 12.2. The molecule has 4 nitrogen and oxygen atoms in total. The largest absolute Gasteiger partial charge is 0.611 e. The van der Waals surface area contributed by atoms with Gasteiger partial charge in [-0.05, 0) is 41.9 Å². The Morgan fingerprint density at radius 1 is 1.15 bits per heavy atom. The molecule has 7 heteroatoms. The molecule has 0 radical (unpaired) electrons. The van der Waals surface area contributed by atoms with Crippen LogP contribution in [0.4, 0.5) is 11.5 Å². The summed E-state index contributed by atoms with van der Waals surface area (Å²) in [5, 5.41) is 3.99. The molecule has 1 atom stereocenters. The molecular weight excluding hydrogens is 403 g/mol. The van der Waals surface area contributed by atoms with Crippen LogP contribution in [0.15, 0.2) is 59.6 Å². The normalized spacial score (nSPS) is 11.9. The number of anilines is 2. The summed E-state index contributed by atoms with van der Waals surface area (Å²) in [5.74, 6) is 1.68. The molecule has 1 heterocycles. The number of nitrogens with zero attached hydrogens (tertiary/aromatic N) is 1. The first-order valence-electron chi connectivity index (χ1n) is 8.28. The van der Waals surface area contributed by atoms with Crippen molar-refractivity contribution < 1.29 is 9.29 Å². The molecule has 0 aliphatic heterocycles. The Kier molecular flexibility index (Phi) is 6.50. The number of hydrogen-bond acceptors (Lipinski definition) is 4. The van der Waals surface area contributed by atoms with Crippen molar-refractivity contribution in [2.45, 2.75) is 11.8 Å². The van der Waals surface area contributed by atoms with Crippen LogP contribution in [0.5, 0.6) is 5.75 Å². The summed E-state index contributed by atoms with van der Waals surface area (Å²) in [6.07, 6.45) is 1.55. The van der Waals surface area contributed by atoms with Gasteiger partial charge in [0.2, 0.25) is 0 Å². The van der Waals surface area contributed by atoms with Crippen LogP contribution in [-0.4, -0.2) is 22.4 Å². The molecule has 0 amide bonds. The highest BCUT2D eigenvalue weighted by Crippen LogP contribution is 2.40. The molecule has 0 aliphatic rings. The summed E-state index contributed by atoms with van der Waals surface area (Å²) in [7, 11) is 1.60. The lowest BCUT2D eigenvalue weighted by Gasteiger charge is -2.15. The van der Waals surface area contributed by atoms with E-state index in [9.17, 15) is 4.55 Å². The molecule has 140 valence electrons. The van der Waals surface area contributed by atoms with Gasteiger partial charge in [0.1, 0.15) is 17.3 Å². The molecule has 2 aromatic carbocycles. The van der Waals surface area contributed by atoms with Crippen LogP contribution >= 0.6 is 23.2 Å². The summed E-state index contributed by atoms with van der Waals surface area (Å²) in [6, 6.07) is 14.9. The van der Waals surface area contributed by atoms with Crippen molar-refractivity contribution in [3.05, 3.63) is 64.8 Å². The monoisotopic (exact) mass is 420 g/mol. The minimum Gasteiger partial charge on any atom is -0.611 e. The maximum Gasteiger partial charge on any atom is 0.153 e. The molecule has 27 heavy (non-hydrogen) atoms. The molecule has 3 aromatic rings. The fourth-order valence-electron chi connectivity index (χ4n) is 2.65. The summed E-state index contributed by atoms with van der Waals surface area (Å²) in [5.41, 5.74) is 2.17. The minimum absolute atomic E-state index is 0.382. The summed E-state index contributed by atoms with van der Waals surface area (Å²) in [4.78, 5) is 5.05. The first-order chi connectivity index (χ1) is 13.0. The molecule has 0 saturated heterocycles. The number of halogens is 2. The topological polar surface area (TPSA) is 57.2 Å². The van der Waals surface area contributed by atoms with Gasteiger partial charge in [0.25, 0.3) is 0 Å². The van der Waals surface area contributed by atoms with E-state index in [1.807, 2.05) is 55.5 Å². The third-order valence-corrected chi connectivity index (χ3v) is 5.94. The van der Waals surface area contributed by atoms with Crippen LogP contribution in [-0.2, 0) is 11.2 Å². The van der Waals surface area contributed by atoms with Crippen molar-refractivity contribution in [1.82, 2.24) is 4.98 Å². The predicted molar refractivity (Wildman–Crippen MR) is 113 cm³/mol. The van der Waals surface area contributed by atoms with Crippen molar-refractivity contribution in [3.8, 4) is 16.9 Å². The number of aromatic nitrogens is 1. The number of pyridine rings is 1. The van der Waals surface area contributed by atoms with E-state index < -0.39 is 11.2 Å². The van der Waals surface area contributed by atoms with Gasteiger partial charge in [0.05, 0.1) is 22.8 Å². The molecular formula is C20H18Cl2N2O2S. The Labute approximate surface area is 171 Å². The number of hydrogen-bond donors (Lipinski definition) is 1. The zero-order chi connectivity index (χ0) is 19.4. The maximum atomic E-state index is 12.2. The van der Waals surface area contributed by atoms with Gasteiger partial charge in [-0.2, -0.15) is 0 Å². The molecule has 1 unspecified atom stereocenters. The first-order valence-corrected chi connectivity index (χ1v) is 10.4. The number of ether oxygens (including phenoxy) is 1. The van der Waals surface area contributed by atoms with Gasteiger partial charge in [-0.15, -0.1) is 0 Å². The molecule has 0 saturated carbocycles. The predicted octanol–water partition coefficient (Wildman–Crippen LogP) is 5.94. The van der Waals surface area contributed by atoms with Crippen molar-refractivity contribution in [1.29, 1.82) is 0 Å². The van der Waals surface area contributed by atoms with Gasteiger partial charge < -0.3 is 14.6 Å². The van der Waals surface area contributed by atoms with Crippen molar-refractivity contribution in [2.24, 2.45) is 0 Å². The van der Waals surface area contributed by atoms with Crippen molar-refractivity contribution >= 4 is 45.9 Å². The summed E-state index contributed by atoms with van der Waals surface area (Å²) in [6.45, 7) is 1.88. The fourth-order valence-corrected chi connectivity index (χ4v) is 4.08. The third kappa shape index (κ3) is 4.33. The van der Waals surface area contributed by atoms with E-state index in [4.69, 9.17) is 27.9 Å². The van der Waals surface area contributed by atoms with E-state index >= 15 is 0 Å². The minimum atomic E-state index is -1.06. The fraction of sp³-hybridized carbons (Fsp3) is 0.150. The van der Waals surface area contributed by atoms with Crippen LogP contribution in [0.2, 0.25) is 10.0 Å². The summed E-state index contributed by atoms with van der Waals surface area (Å²) >= 11 is 12.0. The lowest BCUT2D eigenvalue weighted by Crippen LogP contribution is -2.04. The van der Waals surface area contributed by atoms with Crippen LogP contribution in [0.3, 0.4) is 0 Å². The Morgan fingerprint density at radius 3 is 2.67 bits per heavy atom. The highest BCUT2D eigenvalue weighted by atomic mass is 35.5. The Bertz CT molecular complexity index is 953. The van der Waals surface area contributed by atoms with Gasteiger partial charge in [-0.25, -0.2) is 4.98 Å². The highest BCUT2D eigenvalue weighted by Gasteiger charge is 2.17.